The second-order valence-corrected chi connectivity index (χ2v) is 14.0. The molecule has 2 fully saturated rings. The SMILES string of the molecule is CC(=O)Oc1ccc2c3c1C[C@@H]1[C@@H]4CC[C@@H](N(CC(C)C)S(=O)(=O)Cc5ccccc5)[C@H](O2)[C@]34CCN1C. The molecule has 0 N–H and O–H groups in total. The molecular formula is C30H38N2O5S. The van der Waals surface area contributed by atoms with Gasteiger partial charge < -0.3 is 14.4 Å². The van der Waals surface area contributed by atoms with Crippen molar-refractivity contribution < 1.29 is 22.7 Å². The molecule has 2 aliphatic carbocycles. The molecule has 0 unspecified atom stereocenters. The summed E-state index contributed by atoms with van der Waals surface area (Å²) in [5.41, 5.74) is 2.76. The first-order valence-electron chi connectivity index (χ1n) is 13.9. The first-order valence-corrected chi connectivity index (χ1v) is 15.5. The van der Waals surface area contributed by atoms with Gasteiger partial charge in [0.1, 0.15) is 17.6 Å². The summed E-state index contributed by atoms with van der Waals surface area (Å²) in [6.07, 6.45) is 3.19. The number of likely N-dealkylation sites (tertiary alicyclic amines) is 1. The molecule has 2 aliphatic heterocycles. The Morgan fingerprint density at radius 3 is 2.66 bits per heavy atom. The monoisotopic (exact) mass is 538 g/mol. The van der Waals surface area contributed by atoms with Crippen LogP contribution in [0.5, 0.6) is 11.5 Å². The largest absolute Gasteiger partial charge is 0.487 e. The highest BCUT2D eigenvalue weighted by atomic mass is 32.2. The van der Waals surface area contributed by atoms with Crippen LogP contribution >= 0.6 is 0 Å². The Hall–Kier alpha value is -2.42. The Labute approximate surface area is 226 Å². The van der Waals surface area contributed by atoms with Gasteiger partial charge in [-0.3, -0.25) is 4.79 Å². The van der Waals surface area contributed by atoms with Crippen molar-refractivity contribution in [1.29, 1.82) is 0 Å². The molecular weight excluding hydrogens is 500 g/mol. The van der Waals surface area contributed by atoms with Gasteiger partial charge >= 0.3 is 5.97 Å². The topological polar surface area (TPSA) is 76.1 Å². The van der Waals surface area contributed by atoms with Crippen LogP contribution in [-0.2, 0) is 32.4 Å². The zero-order valence-corrected chi connectivity index (χ0v) is 23.5. The Kier molecular flexibility index (Phi) is 6.36. The maximum atomic E-state index is 14.1. The van der Waals surface area contributed by atoms with E-state index in [2.05, 4.69) is 25.8 Å². The number of nitrogens with zero attached hydrogens (tertiary/aromatic N) is 2. The number of sulfonamides is 1. The fourth-order valence-corrected chi connectivity index (χ4v) is 9.87. The third kappa shape index (κ3) is 3.98. The van der Waals surface area contributed by atoms with Crippen LogP contribution in [0.3, 0.4) is 0 Å². The van der Waals surface area contributed by atoms with Crippen LogP contribution in [-0.4, -0.2) is 61.9 Å². The Morgan fingerprint density at radius 1 is 1.18 bits per heavy atom. The van der Waals surface area contributed by atoms with E-state index in [-0.39, 0.29) is 35.2 Å². The lowest BCUT2D eigenvalue weighted by Gasteiger charge is -2.60. The van der Waals surface area contributed by atoms with Crippen molar-refractivity contribution in [3.8, 4) is 11.5 Å². The van der Waals surface area contributed by atoms with Gasteiger partial charge in [-0.1, -0.05) is 44.2 Å². The number of carbonyl (C=O) groups is 1. The predicted molar refractivity (Wildman–Crippen MR) is 146 cm³/mol. The van der Waals surface area contributed by atoms with E-state index in [1.165, 1.54) is 12.5 Å². The van der Waals surface area contributed by atoms with Gasteiger partial charge in [-0.05, 0) is 68.8 Å². The van der Waals surface area contributed by atoms with E-state index in [4.69, 9.17) is 9.47 Å². The lowest BCUT2D eigenvalue weighted by atomic mass is 9.51. The summed E-state index contributed by atoms with van der Waals surface area (Å²) in [4.78, 5) is 14.4. The molecule has 0 amide bonds. The second-order valence-electron chi connectivity index (χ2n) is 12.0. The molecule has 2 bridgehead atoms. The van der Waals surface area contributed by atoms with E-state index in [0.29, 0.717) is 24.3 Å². The van der Waals surface area contributed by atoms with Gasteiger partial charge in [-0.2, -0.15) is 4.31 Å². The second kappa shape index (κ2) is 9.35. The average Bonchev–Trinajstić information content (AvgIpc) is 3.20. The number of esters is 1. The minimum atomic E-state index is -3.60. The van der Waals surface area contributed by atoms with Crippen LogP contribution in [0.4, 0.5) is 0 Å². The lowest BCUT2D eigenvalue weighted by Crippen LogP contribution is -2.68. The van der Waals surface area contributed by atoms with Crippen LogP contribution in [0.2, 0.25) is 0 Å². The molecule has 2 aromatic carbocycles. The summed E-state index contributed by atoms with van der Waals surface area (Å²) >= 11 is 0. The number of carbonyl (C=O) groups excluding carboxylic acids is 1. The Morgan fingerprint density at radius 2 is 1.95 bits per heavy atom. The maximum Gasteiger partial charge on any atom is 0.308 e. The Bertz CT molecular complexity index is 1340. The van der Waals surface area contributed by atoms with Crippen molar-refractivity contribution in [1.82, 2.24) is 9.21 Å². The molecule has 0 aromatic heterocycles. The van der Waals surface area contributed by atoms with Crippen molar-refractivity contribution >= 4 is 16.0 Å². The molecule has 1 saturated carbocycles. The summed E-state index contributed by atoms with van der Waals surface area (Å²) in [6.45, 7) is 7.00. The number of hydrogen-bond donors (Lipinski definition) is 0. The van der Waals surface area contributed by atoms with Gasteiger partial charge in [0, 0.05) is 36.1 Å². The van der Waals surface area contributed by atoms with Crippen molar-refractivity contribution in [3.63, 3.8) is 0 Å². The van der Waals surface area contributed by atoms with Crippen LogP contribution < -0.4 is 9.47 Å². The molecule has 204 valence electrons. The Balaban J connectivity index is 1.45. The quantitative estimate of drug-likeness (QED) is 0.390. The third-order valence-corrected chi connectivity index (χ3v) is 11.1. The fourth-order valence-electron chi connectivity index (χ4n) is 7.94. The van der Waals surface area contributed by atoms with Crippen LogP contribution in [0.15, 0.2) is 42.5 Å². The third-order valence-electron chi connectivity index (χ3n) is 9.28. The van der Waals surface area contributed by atoms with E-state index in [1.807, 2.05) is 42.5 Å². The van der Waals surface area contributed by atoms with Gasteiger partial charge in [-0.25, -0.2) is 8.42 Å². The molecule has 2 heterocycles. The van der Waals surface area contributed by atoms with Crippen molar-refractivity contribution in [2.45, 2.75) is 75.8 Å². The minimum absolute atomic E-state index is 0.0135. The van der Waals surface area contributed by atoms with Crippen LogP contribution in [0.25, 0.3) is 0 Å². The molecule has 2 aromatic rings. The number of piperidine rings is 1. The van der Waals surface area contributed by atoms with E-state index >= 15 is 0 Å². The molecule has 4 aliphatic rings. The standard InChI is InChI=1S/C30H38N2O5S/c1-19(2)17-32(38(34,35)18-21-8-6-5-7-9-21)24-11-10-23-25-16-22-26(36-20(3)33)12-13-27-28(22)30(23,29(24)37-27)14-15-31(25)4/h5-9,12-13,19,23-25,29H,10-11,14-18H2,1-4H3/t23-,24+,25+,29-,30-/m0/s1. The molecule has 1 spiro atoms. The van der Waals surface area contributed by atoms with Gasteiger partial charge in [0.15, 0.2) is 0 Å². The predicted octanol–water partition coefficient (Wildman–Crippen LogP) is 4.14. The normalized spacial score (nSPS) is 29.7. The molecule has 5 atom stereocenters. The first-order chi connectivity index (χ1) is 18.1. The maximum absolute atomic E-state index is 14.1. The first kappa shape index (κ1) is 25.8. The highest BCUT2D eigenvalue weighted by molar-refractivity contribution is 7.88. The highest BCUT2D eigenvalue weighted by Gasteiger charge is 2.66. The zero-order valence-electron chi connectivity index (χ0n) is 22.7. The van der Waals surface area contributed by atoms with E-state index in [9.17, 15) is 13.2 Å². The van der Waals surface area contributed by atoms with Crippen LogP contribution in [0.1, 0.15) is 56.7 Å². The smallest absolute Gasteiger partial charge is 0.308 e. The van der Waals surface area contributed by atoms with Crippen molar-refractivity contribution in [2.24, 2.45) is 11.8 Å². The number of ether oxygens (including phenoxy) is 2. The van der Waals surface area contributed by atoms with Crippen LogP contribution in [0, 0.1) is 11.8 Å². The van der Waals surface area contributed by atoms with Crippen molar-refractivity contribution in [2.75, 3.05) is 20.1 Å². The number of rotatable bonds is 7. The summed E-state index contributed by atoms with van der Waals surface area (Å²) < 4.78 is 42.4. The highest BCUT2D eigenvalue weighted by Crippen LogP contribution is 2.63. The number of benzene rings is 2. The molecule has 1 saturated heterocycles. The van der Waals surface area contributed by atoms with Gasteiger partial charge in [-0.15, -0.1) is 0 Å². The number of hydrogen-bond acceptors (Lipinski definition) is 6. The fraction of sp³-hybridized carbons (Fsp3) is 0.567. The zero-order chi connectivity index (χ0) is 26.8. The minimum Gasteiger partial charge on any atom is -0.487 e. The molecule has 0 radical (unpaired) electrons. The van der Waals surface area contributed by atoms with E-state index in [1.54, 1.807) is 4.31 Å². The van der Waals surface area contributed by atoms with Gasteiger partial charge in [0.2, 0.25) is 10.0 Å². The molecule has 6 rings (SSSR count). The number of likely N-dealkylation sites (N-methyl/N-ethyl adjacent to an activating group) is 1. The molecule has 7 nitrogen and oxygen atoms in total. The van der Waals surface area contributed by atoms with Gasteiger partial charge in [0.05, 0.1) is 11.8 Å². The average molecular weight is 539 g/mol. The van der Waals surface area contributed by atoms with E-state index in [0.717, 1.165) is 49.1 Å². The summed E-state index contributed by atoms with van der Waals surface area (Å²) in [6, 6.07) is 13.3. The van der Waals surface area contributed by atoms with Gasteiger partial charge in [0.25, 0.3) is 0 Å². The summed E-state index contributed by atoms with van der Waals surface area (Å²) in [5, 5.41) is 0. The molecule has 38 heavy (non-hydrogen) atoms. The lowest BCUT2D eigenvalue weighted by molar-refractivity contribution is -0.132. The van der Waals surface area contributed by atoms with E-state index < -0.39 is 10.0 Å². The summed E-state index contributed by atoms with van der Waals surface area (Å²) in [5.74, 6) is 1.68. The molecule has 8 heteroatoms. The van der Waals surface area contributed by atoms with Crippen molar-refractivity contribution in [3.05, 3.63) is 59.2 Å². The summed E-state index contributed by atoms with van der Waals surface area (Å²) in [7, 11) is -1.41.